The molecule has 0 aliphatic heterocycles. The highest BCUT2D eigenvalue weighted by Gasteiger charge is 1.91. The van der Waals surface area contributed by atoms with Crippen molar-refractivity contribution in [3.8, 4) is 0 Å². The minimum Gasteiger partial charge on any atom is -0.244 e. The Bertz CT molecular complexity index is 396. The van der Waals surface area contributed by atoms with Gasteiger partial charge in [0.05, 0.1) is 5.52 Å². The van der Waals surface area contributed by atoms with E-state index in [0.29, 0.717) is 0 Å². The van der Waals surface area contributed by atoms with Crippen LogP contribution in [0, 0.1) is 6.92 Å². The average molecular weight is 188 g/mol. The molecule has 0 saturated heterocycles. The zero-order valence-corrected chi connectivity index (χ0v) is 8.99. The molecule has 2 rings (SSSR count). The van der Waals surface area contributed by atoms with Crippen molar-refractivity contribution in [3.05, 3.63) is 36.3 Å². The lowest BCUT2D eigenvalue weighted by Gasteiger charge is -1.95. The lowest BCUT2D eigenvalue weighted by Crippen LogP contribution is -1.80. The van der Waals surface area contributed by atoms with Crippen molar-refractivity contribution in [2.24, 2.45) is 0 Å². The number of aryl methyl sites for hydroxylation is 1. The molecule has 14 heavy (non-hydrogen) atoms. The fourth-order valence-corrected chi connectivity index (χ4v) is 1.10. The SMILES string of the molecule is CCC.Cc1ccc2ncncc2c1. The predicted octanol–water partition coefficient (Wildman–Crippen LogP) is 3.35. The van der Waals surface area contributed by atoms with Crippen molar-refractivity contribution < 1.29 is 0 Å². The topological polar surface area (TPSA) is 25.8 Å². The van der Waals surface area contributed by atoms with Crippen molar-refractivity contribution in [2.75, 3.05) is 0 Å². The summed E-state index contributed by atoms with van der Waals surface area (Å²) in [5, 5.41) is 1.10. The zero-order valence-electron chi connectivity index (χ0n) is 8.99. The van der Waals surface area contributed by atoms with Crippen molar-refractivity contribution >= 4 is 10.9 Å². The zero-order chi connectivity index (χ0) is 10.4. The second kappa shape index (κ2) is 5.32. The molecule has 0 fully saturated rings. The quantitative estimate of drug-likeness (QED) is 0.633. The van der Waals surface area contributed by atoms with Gasteiger partial charge in [0.25, 0.3) is 0 Å². The van der Waals surface area contributed by atoms with E-state index in [1.54, 1.807) is 6.33 Å². The first-order chi connectivity index (χ1) is 6.77. The molecule has 0 saturated carbocycles. The van der Waals surface area contributed by atoms with Crippen LogP contribution in [0.3, 0.4) is 0 Å². The van der Waals surface area contributed by atoms with Gasteiger partial charge in [-0.25, -0.2) is 9.97 Å². The van der Waals surface area contributed by atoms with Crippen LogP contribution in [0.25, 0.3) is 10.9 Å². The van der Waals surface area contributed by atoms with Gasteiger partial charge >= 0.3 is 0 Å². The van der Waals surface area contributed by atoms with E-state index in [4.69, 9.17) is 0 Å². The highest BCUT2D eigenvalue weighted by atomic mass is 14.8. The van der Waals surface area contributed by atoms with Crippen molar-refractivity contribution in [1.29, 1.82) is 0 Å². The number of fused-ring (bicyclic) bond motifs is 1. The average Bonchev–Trinajstić information content (AvgIpc) is 2.19. The van der Waals surface area contributed by atoms with Gasteiger partial charge in [-0.1, -0.05) is 31.9 Å². The molecule has 0 bridgehead atoms. The van der Waals surface area contributed by atoms with E-state index in [0.717, 1.165) is 10.9 Å². The van der Waals surface area contributed by atoms with Crippen LogP contribution in [0.2, 0.25) is 0 Å². The molecule has 1 aromatic carbocycles. The van der Waals surface area contributed by atoms with E-state index in [1.165, 1.54) is 12.0 Å². The summed E-state index contributed by atoms with van der Waals surface area (Å²) < 4.78 is 0. The summed E-state index contributed by atoms with van der Waals surface area (Å²) in [6.45, 7) is 6.31. The molecule has 0 aliphatic rings. The lowest BCUT2D eigenvalue weighted by molar-refractivity contribution is 1.09. The molecular weight excluding hydrogens is 172 g/mol. The van der Waals surface area contributed by atoms with Gasteiger partial charge in [0.1, 0.15) is 6.33 Å². The summed E-state index contributed by atoms with van der Waals surface area (Å²) in [7, 11) is 0. The molecule has 74 valence electrons. The molecule has 1 heterocycles. The van der Waals surface area contributed by atoms with Crippen LogP contribution in [0.4, 0.5) is 0 Å². The van der Waals surface area contributed by atoms with Crippen LogP contribution < -0.4 is 0 Å². The monoisotopic (exact) mass is 188 g/mol. The second-order valence-electron chi connectivity index (χ2n) is 3.29. The number of hydrogen-bond acceptors (Lipinski definition) is 2. The summed E-state index contributed by atoms with van der Waals surface area (Å²) in [6.07, 6.45) is 4.65. The molecule has 0 atom stereocenters. The van der Waals surface area contributed by atoms with Crippen LogP contribution >= 0.6 is 0 Å². The molecule has 0 unspecified atom stereocenters. The van der Waals surface area contributed by atoms with Crippen molar-refractivity contribution in [3.63, 3.8) is 0 Å². The van der Waals surface area contributed by atoms with Crippen molar-refractivity contribution in [1.82, 2.24) is 9.97 Å². The van der Waals surface area contributed by atoms with E-state index >= 15 is 0 Å². The van der Waals surface area contributed by atoms with Gasteiger partial charge in [0.15, 0.2) is 0 Å². The van der Waals surface area contributed by atoms with Gasteiger partial charge in [-0.15, -0.1) is 0 Å². The largest absolute Gasteiger partial charge is 0.244 e. The summed E-state index contributed by atoms with van der Waals surface area (Å²) in [5.41, 5.74) is 2.25. The first-order valence-corrected chi connectivity index (χ1v) is 4.94. The molecule has 2 nitrogen and oxygen atoms in total. The minimum absolute atomic E-state index is 1.01. The summed E-state index contributed by atoms with van der Waals surface area (Å²) in [5.74, 6) is 0. The Labute approximate surface area is 85.0 Å². The number of benzene rings is 1. The predicted molar refractivity (Wildman–Crippen MR) is 60.2 cm³/mol. The maximum Gasteiger partial charge on any atom is 0.116 e. The fourth-order valence-electron chi connectivity index (χ4n) is 1.10. The summed E-state index contributed by atoms with van der Waals surface area (Å²) in [4.78, 5) is 8.05. The third kappa shape index (κ3) is 2.80. The number of nitrogens with zero attached hydrogens (tertiary/aromatic N) is 2. The number of hydrogen-bond donors (Lipinski definition) is 0. The van der Waals surface area contributed by atoms with E-state index in [2.05, 4.69) is 42.9 Å². The molecule has 0 aliphatic carbocycles. The standard InChI is InChI=1S/C9H8N2.C3H8/c1-7-2-3-9-8(4-7)5-10-6-11-9;1-3-2/h2-6H,1H3;3H2,1-2H3. The van der Waals surface area contributed by atoms with Gasteiger partial charge in [-0.2, -0.15) is 0 Å². The fraction of sp³-hybridized carbons (Fsp3) is 0.333. The van der Waals surface area contributed by atoms with Gasteiger partial charge in [0.2, 0.25) is 0 Å². The van der Waals surface area contributed by atoms with Crippen LogP contribution in [0.5, 0.6) is 0 Å². The van der Waals surface area contributed by atoms with E-state index < -0.39 is 0 Å². The maximum atomic E-state index is 4.11. The summed E-state index contributed by atoms with van der Waals surface area (Å²) >= 11 is 0. The minimum atomic E-state index is 1.01. The molecule has 0 N–H and O–H groups in total. The number of rotatable bonds is 0. The Morgan fingerprint density at radius 2 is 1.93 bits per heavy atom. The molecule has 0 spiro atoms. The summed E-state index contributed by atoms with van der Waals surface area (Å²) in [6, 6.07) is 6.14. The molecule has 1 aromatic heterocycles. The third-order valence-corrected chi connectivity index (χ3v) is 1.66. The van der Waals surface area contributed by atoms with Crippen LogP contribution in [-0.4, -0.2) is 9.97 Å². The van der Waals surface area contributed by atoms with Gasteiger partial charge in [-0.05, 0) is 19.1 Å². The first-order valence-electron chi connectivity index (χ1n) is 4.94. The first kappa shape index (κ1) is 10.6. The lowest BCUT2D eigenvalue weighted by atomic mass is 10.2. The Kier molecular flexibility index (Phi) is 4.05. The highest BCUT2D eigenvalue weighted by molar-refractivity contribution is 5.77. The molecule has 2 heteroatoms. The Balaban J connectivity index is 0.000000293. The van der Waals surface area contributed by atoms with Crippen LogP contribution in [-0.2, 0) is 0 Å². The van der Waals surface area contributed by atoms with Crippen molar-refractivity contribution in [2.45, 2.75) is 27.2 Å². The van der Waals surface area contributed by atoms with E-state index in [1.807, 2.05) is 12.3 Å². The molecular formula is C12H16N2. The van der Waals surface area contributed by atoms with E-state index in [-0.39, 0.29) is 0 Å². The van der Waals surface area contributed by atoms with Crippen LogP contribution in [0.1, 0.15) is 25.8 Å². The van der Waals surface area contributed by atoms with Gasteiger partial charge < -0.3 is 0 Å². The third-order valence-electron chi connectivity index (χ3n) is 1.66. The Hall–Kier alpha value is -1.44. The van der Waals surface area contributed by atoms with Crippen LogP contribution in [0.15, 0.2) is 30.7 Å². The smallest absolute Gasteiger partial charge is 0.116 e. The van der Waals surface area contributed by atoms with E-state index in [9.17, 15) is 0 Å². The molecule has 2 aromatic rings. The van der Waals surface area contributed by atoms with Gasteiger partial charge in [-0.3, -0.25) is 0 Å². The van der Waals surface area contributed by atoms with Gasteiger partial charge in [0, 0.05) is 11.6 Å². The molecule has 0 radical (unpaired) electrons. The molecule has 0 amide bonds. The number of aromatic nitrogens is 2. The highest BCUT2D eigenvalue weighted by Crippen LogP contribution is 2.10. The Morgan fingerprint density at radius 1 is 1.21 bits per heavy atom. The normalized spacial score (nSPS) is 9.36. The Morgan fingerprint density at radius 3 is 2.64 bits per heavy atom. The second-order valence-corrected chi connectivity index (χ2v) is 3.29. The maximum absolute atomic E-state index is 4.11.